The van der Waals surface area contributed by atoms with Gasteiger partial charge in [0, 0.05) is 30.9 Å². The Bertz CT molecular complexity index is 936. The Labute approximate surface area is 154 Å². The molecule has 1 unspecified atom stereocenters. The Balaban J connectivity index is 1.28. The van der Waals surface area contributed by atoms with Crippen LogP contribution in [0.3, 0.4) is 0 Å². The van der Waals surface area contributed by atoms with Gasteiger partial charge in [0.15, 0.2) is 11.5 Å². The molecule has 2 aromatic heterocycles. The van der Waals surface area contributed by atoms with Gasteiger partial charge in [0.2, 0.25) is 6.79 Å². The van der Waals surface area contributed by atoms with Crippen molar-refractivity contribution in [2.24, 2.45) is 0 Å². The second kappa shape index (κ2) is 6.25. The highest BCUT2D eigenvalue weighted by Crippen LogP contribution is 2.34. The summed E-state index contributed by atoms with van der Waals surface area (Å²) in [6, 6.07) is 10.1. The molecule has 1 atom stereocenters. The van der Waals surface area contributed by atoms with Gasteiger partial charge in [-0.2, -0.15) is 0 Å². The van der Waals surface area contributed by atoms with Crippen molar-refractivity contribution in [2.45, 2.75) is 18.9 Å². The predicted molar refractivity (Wildman–Crippen MR) is 101 cm³/mol. The highest BCUT2D eigenvalue weighted by atomic mass is 32.1. The third kappa shape index (κ3) is 2.78. The number of hydrogen-bond acceptors (Lipinski definition) is 5. The van der Waals surface area contributed by atoms with Crippen LogP contribution in [0.2, 0.25) is 0 Å². The van der Waals surface area contributed by atoms with Crippen LogP contribution in [0.4, 0.5) is 5.69 Å². The fourth-order valence-electron chi connectivity index (χ4n) is 3.64. The van der Waals surface area contributed by atoms with E-state index in [-0.39, 0.29) is 18.7 Å². The molecule has 2 aliphatic rings. The largest absolute Gasteiger partial charge is 0.454 e. The SMILES string of the molecule is O=C(c1cc2sccc2[nH]1)N1CCCC(Nc2ccc3c(c2)OCO3)C1. The molecule has 1 fully saturated rings. The lowest BCUT2D eigenvalue weighted by atomic mass is 10.0. The maximum Gasteiger partial charge on any atom is 0.270 e. The third-order valence-electron chi connectivity index (χ3n) is 4.92. The molecule has 26 heavy (non-hydrogen) atoms. The van der Waals surface area contributed by atoms with E-state index in [1.807, 2.05) is 40.6 Å². The number of aromatic nitrogens is 1. The van der Waals surface area contributed by atoms with Crippen LogP contribution in [0.15, 0.2) is 35.7 Å². The molecular weight excluding hydrogens is 350 g/mol. The van der Waals surface area contributed by atoms with E-state index in [1.54, 1.807) is 11.3 Å². The van der Waals surface area contributed by atoms with Crippen molar-refractivity contribution in [2.75, 3.05) is 25.2 Å². The van der Waals surface area contributed by atoms with Crippen LogP contribution < -0.4 is 14.8 Å². The molecule has 0 radical (unpaired) electrons. The molecule has 7 heteroatoms. The minimum atomic E-state index is 0.0746. The predicted octanol–water partition coefficient (Wildman–Crippen LogP) is 3.67. The topological polar surface area (TPSA) is 66.6 Å². The maximum atomic E-state index is 12.9. The summed E-state index contributed by atoms with van der Waals surface area (Å²) in [7, 11) is 0. The second-order valence-electron chi connectivity index (χ2n) is 6.68. The van der Waals surface area contributed by atoms with E-state index in [9.17, 15) is 4.79 Å². The number of thiophene rings is 1. The molecule has 0 saturated carbocycles. The average Bonchev–Trinajstić information content (AvgIpc) is 3.36. The summed E-state index contributed by atoms with van der Waals surface area (Å²) in [6.07, 6.45) is 2.03. The molecule has 2 N–H and O–H groups in total. The number of anilines is 1. The van der Waals surface area contributed by atoms with Gasteiger partial charge in [-0.15, -0.1) is 11.3 Å². The lowest BCUT2D eigenvalue weighted by molar-refractivity contribution is 0.0710. The van der Waals surface area contributed by atoms with Crippen LogP contribution in [0.1, 0.15) is 23.3 Å². The van der Waals surface area contributed by atoms with Gasteiger partial charge in [0.1, 0.15) is 5.69 Å². The number of piperidine rings is 1. The first kappa shape index (κ1) is 15.6. The van der Waals surface area contributed by atoms with Crippen molar-refractivity contribution in [1.82, 2.24) is 9.88 Å². The van der Waals surface area contributed by atoms with Gasteiger partial charge < -0.3 is 24.7 Å². The summed E-state index contributed by atoms with van der Waals surface area (Å²) in [6.45, 7) is 1.77. The number of carbonyl (C=O) groups is 1. The number of H-pyrrole nitrogens is 1. The van der Waals surface area contributed by atoms with Crippen LogP contribution in [-0.4, -0.2) is 41.7 Å². The zero-order valence-electron chi connectivity index (χ0n) is 14.2. The van der Waals surface area contributed by atoms with Gasteiger partial charge in [-0.05, 0) is 42.5 Å². The molecule has 1 aromatic carbocycles. The smallest absolute Gasteiger partial charge is 0.270 e. The molecule has 1 amide bonds. The summed E-state index contributed by atoms with van der Waals surface area (Å²) in [5, 5.41) is 5.56. The Hall–Kier alpha value is -2.67. The van der Waals surface area contributed by atoms with Crippen molar-refractivity contribution in [1.29, 1.82) is 0 Å². The number of amides is 1. The van der Waals surface area contributed by atoms with Crippen molar-refractivity contribution in [3.05, 3.63) is 41.4 Å². The lowest BCUT2D eigenvalue weighted by Crippen LogP contribution is -2.45. The van der Waals surface area contributed by atoms with Gasteiger partial charge in [0.25, 0.3) is 5.91 Å². The molecule has 4 heterocycles. The molecule has 0 bridgehead atoms. The summed E-state index contributed by atoms with van der Waals surface area (Å²) >= 11 is 1.65. The van der Waals surface area contributed by atoms with E-state index < -0.39 is 0 Å². The van der Waals surface area contributed by atoms with E-state index in [1.165, 1.54) is 0 Å². The van der Waals surface area contributed by atoms with Gasteiger partial charge in [-0.1, -0.05) is 0 Å². The Morgan fingerprint density at radius 3 is 3.08 bits per heavy atom. The number of nitrogens with one attached hydrogen (secondary N) is 2. The molecule has 134 valence electrons. The van der Waals surface area contributed by atoms with E-state index in [0.29, 0.717) is 12.2 Å². The van der Waals surface area contributed by atoms with Crippen molar-refractivity contribution < 1.29 is 14.3 Å². The number of aromatic amines is 1. The van der Waals surface area contributed by atoms with Crippen molar-refractivity contribution in [3.8, 4) is 11.5 Å². The highest BCUT2D eigenvalue weighted by molar-refractivity contribution is 7.17. The van der Waals surface area contributed by atoms with Crippen LogP contribution in [0.25, 0.3) is 10.2 Å². The molecule has 1 saturated heterocycles. The molecular formula is C19H19N3O3S. The maximum absolute atomic E-state index is 12.9. The van der Waals surface area contributed by atoms with Crippen LogP contribution >= 0.6 is 11.3 Å². The van der Waals surface area contributed by atoms with E-state index in [0.717, 1.165) is 46.8 Å². The summed E-state index contributed by atoms with van der Waals surface area (Å²) < 4.78 is 11.9. The van der Waals surface area contributed by atoms with Gasteiger partial charge in [0.05, 0.1) is 10.2 Å². The Morgan fingerprint density at radius 1 is 1.23 bits per heavy atom. The Morgan fingerprint density at radius 2 is 2.15 bits per heavy atom. The zero-order chi connectivity index (χ0) is 17.5. The van der Waals surface area contributed by atoms with Crippen molar-refractivity contribution >= 4 is 33.1 Å². The molecule has 2 aliphatic heterocycles. The van der Waals surface area contributed by atoms with Crippen molar-refractivity contribution in [3.63, 3.8) is 0 Å². The average molecular weight is 369 g/mol. The number of likely N-dealkylation sites (tertiary alicyclic amines) is 1. The first-order valence-electron chi connectivity index (χ1n) is 8.78. The van der Waals surface area contributed by atoms with Crippen LogP contribution in [0, 0.1) is 0 Å². The summed E-state index contributed by atoms with van der Waals surface area (Å²) in [4.78, 5) is 18.0. The Kier molecular flexibility index (Phi) is 3.74. The first-order valence-corrected chi connectivity index (χ1v) is 9.66. The molecule has 6 nitrogen and oxygen atoms in total. The number of nitrogens with zero attached hydrogens (tertiary/aromatic N) is 1. The molecule has 0 aliphatic carbocycles. The van der Waals surface area contributed by atoms with E-state index in [4.69, 9.17) is 9.47 Å². The lowest BCUT2D eigenvalue weighted by Gasteiger charge is -2.33. The van der Waals surface area contributed by atoms with Crippen LogP contribution in [0.5, 0.6) is 11.5 Å². The number of ether oxygens (including phenoxy) is 2. The standard InChI is InChI=1S/C19H19N3O3S/c23-19(15-9-18-14(21-15)5-7-26-18)22-6-1-2-13(10-22)20-12-3-4-16-17(8-12)25-11-24-16/h3-5,7-9,13,20-21H,1-2,6,10-11H2. The van der Waals surface area contributed by atoms with E-state index >= 15 is 0 Å². The van der Waals surface area contributed by atoms with Gasteiger partial charge >= 0.3 is 0 Å². The normalized spacial score (nSPS) is 19.1. The fourth-order valence-corrected chi connectivity index (χ4v) is 4.42. The monoisotopic (exact) mass is 369 g/mol. The highest BCUT2D eigenvalue weighted by Gasteiger charge is 2.26. The number of rotatable bonds is 3. The fraction of sp³-hybridized carbons (Fsp3) is 0.316. The van der Waals surface area contributed by atoms with Crippen LogP contribution in [-0.2, 0) is 0 Å². The van der Waals surface area contributed by atoms with Gasteiger partial charge in [-0.25, -0.2) is 0 Å². The summed E-state index contributed by atoms with van der Waals surface area (Å²) in [5.41, 5.74) is 2.70. The molecule has 5 rings (SSSR count). The van der Waals surface area contributed by atoms with Gasteiger partial charge in [-0.3, -0.25) is 4.79 Å². The zero-order valence-corrected chi connectivity index (χ0v) is 15.0. The quantitative estimate of drug-likeness (QED) is 0.739. The number of benzene rings is 1. The minimum Gasteiger partial charge on any atom is -0.454 e. The second-order valence-corrected chi connectivity index (χ2v) is 7.63. The number of fused-ring (bicyclic) bond motifs is 2. The number of carbonyl (C=O) groups excluding carboxylic acids is 1. The molecule has 0 spiro atoms. The summed E-state index contributed by atoms with van der Waals surface area (Å²) in [5.74, 6) is 1.62. The number of hydrogen-bond donors (Lipinski definition) is 2. The minimum absolute atomic E-state index is 0.0746. The third-order valence-corrected chi connectivity index (χ3v) is 5.79. The molecule has 3 aromatic rings. The van der Waals surface area contributed by atoms with E-state index in [2.05, 4.69) is 10.3 Å². The first-order chi connectivity index (χ1) is 12.8.